The van der Waals surface area contributed by atoms with Crippen molar-refractivity contribution in [3.05, 3.63) is 0 Å². The van der Waals surface area contributed by atoms with Crippen molar-refractivity contribution in [3.8, 4) is 0 Å². The number of nitrogens with one attached hydrogen (secondary N) is 1. The van der Waals surface area contributed by atoms with Gasteiger partial charge in [0, 0.05) is 23.9 Å². The summed E-state index contributed by atoms with van der Waals surface area (Å²) in [6, 6.07) is 1.40. The lowest BCUT2D eigenvalue weighted by atomic mass is 9.92. The van der Waals surface area contributed by atoms with E-state index in [1.807, 2.05) is 11.8 Å². The van der Waals surface area contributed by atoms with E-state index in [1.54, 1.807) is 0 Å². The molecule has 1 saturated heterocycles. The molecule has 1 aliphatic heterocycles. The van der Waals surface area contributed by atoms with E-state index < -0.39 is 0 Å². The maximum absolute atomic E-state index is 5.46. The number of hydrogen-bond acceptors (Lipinski definition) is 3. The van der Waals surface area contributed by atoms with Crippen LogP contribution in [0.5, 0.6) is 0 Å². The van der Waals surface area contributed by atoms with E-state index in [4.69, 9.17) is 4.74 Å². The lowest BCUT2D eigenvalue weighted by molar-refractivity contribution is 0.175. The summed E-state index contributed by atoms with van der Waals surface area (Å²) in [5.74, 6) is 0.748. The van der Waals surface area contributed by atoms with Crippen molar-refractivity contribution < 1.29 is 4.74 Å². The summed E-state index contributed by atoms with van der Waals surface area (Å²) >= 11 is 2.04. The van der Waals surface area contributed by atoms with Crippen LogP contribution in [0.1, 0.15) is 39.0 Å². The summed E-state index contributed by atoms with van der Waals surface area (Å²) in [4.78, 5) is 0. The van der Waals surface area contributed by atoms with Crippen molar-refractivity contribution in [1.82, 2.24) is 5.32 Å². The fraction of sp³-hybridized carbons (Fsp3) is 1.00. The zero-order valence-corrected chi connectivity index (χ0v) is 11.4. The molecule has 2 nitrogen and oxygen atoms in total. The molecule has 2 fully saturated rings. The third kappa shape index (κ3) is 3.38. The molecular weight excluding hydrogens is 218 g/mol. The lowest BCUT2D eigenvalue weighted by Crippen LogP contribution is -2.43. The molecule has 1 aliphatic carbocycles. The number of ether oxygens (including phenoxy) is 1. The molecule has 1 N–H and O–H groups in total. The highest BCUT2D eigenvalue weighted by atomic mass is 32.2. The van der Waals surface area contributed by atoms with E-state index in [2.05, 4.69) is 18.5 Å². The van der Waals surface area contributed by atoms with Crippen LogP contribution >= 0.6 is 11.8 Å². The topological polar surface area (TPSA) is 21.3 Å². The van der Waals surface area contributed by atoms with E-state index >= 15 is 0 Å². The highest BCUT2D eigenvalue weighted by Crippen LogP contribution is 2.28. The van der Waals surface area contributed by atoms with Crippen LogP contribution in [-0.4, -0.2) is 36.8 Å². The van der Waals surface area contributed by atoms with Gasteiger partial charge in [-0.05, 0) is 51.2 Å². The summed E-state index contributed by atoms with van der Waals surface area (Å²) in [5.41, 5.74) is 0. The molecule has 0 aromatic carbocycles. The molecule has 0 amide bonds. The van der Waals surface area contributed by atoms with E-state index in [9.17, 15) is 0 Å². The Kier molecular flexibility index (Phi) is 4.98. The molecular formula is C13H25NOS. The van der Waals surface area contributed by atoms with E-state index in [0.29, 0.717) is 6.04 Å². The van der Waals surface area contributed by atoms with Crippen LogP contribution in [-0.2, 0) is 4.74 Å². The first kappa shape index (κ1) is 12.7. The normalized spacial score (nSPS) is 37.5. The van der Waals surface area contributed by atoms with Crippen LogP contribution in [0.4, 0.5) is 0 Å². The Labute approximate surface area is 104 Å². The molecule has 94 valence electrons. The van der Waals surface area contributed by atoms with Gasteiger partial charge in [-0.3, -0.25) is 0 Å². The Morgan fingerprint density at radius 3 is 2.50 bits per heavy atom. The van der Waals surface area contributed by atoms with Crippen molar-refractivity contribution in [1.29, 1.82) is 0 Å². The van der Waals surface area contributed by atoms with Gasteiger partial charge in [0.05, 0.1) is 6.61 Å². The van der Waals surface area contributed by atoms with E-state index in [0.717, 1.165) is 30.4 Å². The molecule has 1 heterocycles. The molecule has 3 heteroatoms. The monoisotopic (exact) mass is 243 g/mol. The number of rotatable bonds is 4. The second-order valence-corrected chi connectivity index (χ2v) is 6.43. The van der Waals surface area contributed by atoms with Gasteiger partial charge in [0.15, 0.2) is 0 Å². The van der Waals surface area contributed by atoms with Gasteiger partial charge in [-0.15, -0.1) is 0 Å². The molecule has 0 aromatic rings. The second kappa shape index (κ2) is 6.27. The van der Waals surface area contributed by atoms with Crippen LogP contribution < -0.4 is 5.32 Å². The summed E-state index contributed by atoms with van der Waals surface area (Å²) in [7, 11) is 0. The summed E-state index contributed by atoms with van der Waals surface area (Å²) in [5, 5.41) is 4.74. The van der Waals surface area contributed by atoms with Crippen molar-refractivity contribution >= 4 is 11.8 Å². The Morgan fingerprint density at radius 2 is 1.94 bits per heavy atom. The van der Waals surface area contributed by atoms with Crippen LogP contribution in [0.25, 0.3) is 0 Å². The standard InChI is InChI=1S/C13H25NOS/c1-10(11-7-8-15-9-11)14-12-3-5-13(16-2)6-4-12/h10-14H,3-9H2,1-2H3. The predicted molar refractivity (Wildman–Crippen MR) is 71.1 cm³/mol. The molecule has 0 bridgehead atoms. The smallest absolute Gasteiger partial charge is 0.0509 e. The molecule has 0 radical (unpaired) electrons. The average molecular weight is 243 g/mol. The van der Waals surface area contributed by atoms with Crippen LogP contribution in [0.2, 0.25) is 0 Å². The first-order valence-electron chi connectivity index (χ1n) is 6.66. The Morgan fingerprint density at radius 1 is 1.19 bits per heavy atom. The zero-order valence-electron chi connectivity index (χ0n) is 10.6. The predicted octanol–water partition coefficient (Wildman–Crippen LogP) is 2.68. The van der Waals surface area contributed by atoms with Crippen molar-refractivity contribution in [2.75, 3.05) is 19.5 Å². The third-order valence-corrected chi connectivity index (χ3v) is 5.32. The molecule has 0 aromatic heterocycles. The van der Waals surface area contributed by atoms with E-state index in [-0.39, 0.29) is 0 Å². The molecule has 2 unspecified atom stereocenters. The minimum absolute atomic E-state index is 0.637. The molecule has 1 saturated carbocycles. The Balaban J connectivity index is 1.69. The molecule has 0 spiro atoms. The molecule has 2 atom stereocenters. The lowest BCUT2D eigenvalue weighted by Gasteiger charge is -2.32. The first-order valence-corrected chi connectivity index (χ1v) is 7.95. The van der Waals surface area contributed by atoms with Gasteiger partial charge >= 0.3 is 0 Å². The molecule has 16 heavy (non-hydrogen) atoms. The highest BCUT2D eigenvalue weighted by Gasteiger charge is 2.26. The van der Waals surface area contributed by atoms with Gasteiger partial charge in [-0.2, -0.15) is 11.8 Å². The second-order valence-electron chi connectivity index (χ2n) is 5.29. The van der Waals surface area contributed by atoms with Gasteiger partial charge in [0.1, 0.15) is 0 Å². The number of hydrogen-bond donors (Lipinski definition) is 1. The van der Waals surface area contributed by atoms with E-state index in [1.165, 1.54) is 32.1 Å². The minimum Gasteiger partial charge on any atom is -0.381 e. The largest absolute Gasteiger partial charge is 0.381 e. The van der Waals surface area contributed by atoms with Gasteiger partial charge in [-0.1, -0.05) is 0 Å². The Bertz CT molecular complexity index is 198. The number of thioether (sulfide) groups is 1. The molecule has 2 rings (SSSR count). The quantitative estimate of drug-likeness (QED) is 0.820. The van der Waals surface area contributed by atoms with Crippen molar-refractivity contribution in [3.63, 3.8) is 0 Å². The van der Waals surface area contributed by atoms with Crippen LogP contribution in [0.3, 0.4) is 0 Å². The average Bonchev–Trinajstić information content (AvgIpc) is 2.83. The van der Waals surface area contributed by atoms with Crippen molar-refractivity contribution in [2.24, 2.45) is 5.92 Å². The SMILES string of the molecule is CSC1CCC(NC(C)C2CCOC2)CC1. The maximum Gasteiger partial charge on any atom is 0.0509 e. The third-order valence-electron chi connectivity index (χ3n) is 4.18. The van der Waals surface area contributed by atoms with Gasteiger partial charge in [0.25, 0.3) is 0 Å². The molecule has 2 aliphatic rings. The van der Waals surface area contributed by atoms with Gasteiger partial charge in [-0.25, -0.2) is 0 Å². The fourth-order valence-electron chi connectivity index (χ4n) is 2.92. The van der Waals surface area contributed by atoms with Crippen LogP contribution in [0.15, 0.2) is 0 Å². The van der Waals surface area contributed by atoms with Gasteiger partial charge in [0.2, 0.25) is 0 Å². The summed E-state index contributed by atoms with van der Waals surface area (Å²) in [6.45, 7) is 4.27. The van der Waals surface area contributed by atoms with Gasteiger partial charge < -0.3 is 10.1 Å². The maximum atomic E-state index is 5.46. The zero-order chi connectivity index (χ0) is 11.4. The first-order chi connectivity index (χ1) is 7.79. The fourth-order valence-corrected chi connectivity index (χ4v) is 3.66. The van der Waals surface area contributed by atoms with Crippen LogP contribution in [0, 0.1) is 5.92 Å². The minimum atomic E-state index is 0.637. The Hall–Kier alpha value is 0.270. The highest BCUT2D eigenvalue weighted by molar-refractivity contribution is 7.99. The summed E-state index contributed by atoms with van der Waals surface area (Å²) in [6.07, 6.45) is 9.01. The van der Waals surface area contributed by atoms with Crippen molar-refractivity contribution in [2.45, 2.75) is 56.4 Å². The summed E-state index contributed by atoms with van der Waals surface area (Å²) < 4.78 is 5.46.